The molecule has 1 heterocycles. The van der Waals surface area contributed by atoms with E-state index in [-0.39, 0.29) is 4.75 Å². The molecule has 0 bridgehead atoms. The molecule has 2 rings (SSSR count). The Kier molecular flexibility index (Phi) is 6.00. The van der Waals surface area contributed by atoms with Crippen LogP contribution in [0.25, 0.3) is 0 Å². The second kappa shape index (κ2) is 7.77. The molecule has 0 aromatic heterocycles. The van der Waals surface area contributed by atoms with Crippen LogP contribution in [-0.4, -0.2) is 48.1 Å². The molecule has 22 heavy (non-hydrogen) atoms. The van der Waals surface area contributed by atoms with Crippen molar-refractivity contribution in [2.75, 3.05) is 32.5 Å². The molecule has 1 aromatic carbocycles. The summed E-state index contributed by atoms with van der Waals surface area (Å²) in [6, 6.07) is 8.11. The van der Waals surface area contributed by atoms with Crippen LogP contribution in [0.5, 0.6) is 5.75 Å². The Morgan fingerprint density at radius 3 is 2.68 bits per heavy atom. The smallest absolute Gasteiger partial charge is 0.194 e. The van der Waals surface area contributed by atoms with Crippen molar-refractivity contribution in [3.8, 4) is 5.75 Å². The van der Waals surface area contributed by atoms with Gasteiger partial charge in [-0.25, -0.2) is 4.99 Å². The fourth-order valence-corrected chi connectivity index (χ4v) is 3.63. The highest BCUT2D eigenvalue weighted by atomic mass is 32.2. The molecule has 0 aliphatic carbocycles. The molecular formula is C17H27N3OS. The Hall–Kier alpha value is -1.36. The minimum absolute atomic E-state index is 0.286. The van der Waals surface area contributed by atoms with Crippen molar-refractivity contribution in [2.24, 2.45) is 4.99 Å². The monoisotopic (exact) mass is 321 g/mol. The van der Waals surface area contributed by atoms with Gasteiger partial charge in [-0.2, -0.15) is 11.8 Å². The maximum absolute atomic E-state index is 5.19. The fourth-order valence-electron chi connectivity index (χ4n) is 2.52. The number of benzene rings is 1. The Bertz CT molecular complexity index is 499. The molecule has 5 heteroatoms. The molecule has 1 N–H and O–H groups in total. The quantitative estimate of drug-likeness (QED) is 0.683. The lowest BCUT2D eigenvalue weighted by Gasteiger charge is -2.39. The third-order valence-corrected chi connectivity index (χ3v) is 4.93. The van der Waals surface area contributed by atoms with E-state index in [0.29, 0.717) is 6.54 Å². The van der Waals surface area contributed by atoms with E-state index in [1.165, 1.54) is 5.56 Å². The Balaban J connectivity index is 2.05. The molecule has 122 valence electrons. The summed E-state index contributed by atoms with van der Waals surface area (Å²) >= 11 is 2.04. The molecule has 1 saturated heterocycles. The number of aliphatic imine (C=N–C) groups is 1. The molecule has 1 aromatic rings. The van der Waals surface area contributed by atoms with Gasteiger partial charge in [-0.3, -0.25) is 0 Å². The number of thioether (sulfide) groups is 1. The van der Waals surface area contributed by atoms with Crippen LogP contribution in [0.4, 0.5) is 0 Å². The molecule has 0 amide bonds. The summed E-state index contributed by atoms with van der Waals surface area (Å²) in [6.45, 7) is 10.4. The molecule has 1 aliphatic rings. The van der Waals surface area contributed by atoms with Crippen molar-refractivity contribution in [3.63, 3.8) is 0 Å². The van der Waals surface area contributed by atoms with Crippen molar-refractivity contribution < 1.29 is 4.74 Å². The summed E-state index contributed by atoms with van der Waals surface area (Å²) in [5.74, 6) is 3.06. The van der Waals surface area contributed by atoms with Gasteiger partial charge in [-0.15, -0.1) is 0 Å². The molecule has 1 fully saturated rings. The first-order valence-corrected chi connectivity index (χ1v) is 8.83. The molecule has 0 radical (unpaired) electrons. The second-order valence-corrected chi connectivity index (χ2v) is 7.85. The predicted molar refractivity (Wildman–Crippen MR) is 95.9 cm³/mol. The lowest BCUT2D eigenvalue weighted by atomic mass is 10.2. The first-order chi connectivity index (χ1) is 10.5. The highest BCUT2D eigenvalue weighted by Crippen LogP contribution is 2.29. The largest absolute Gasteiger partial charge is 0.497 e. The van der Waals surface area contributed by atoms with E-state index in [4.69, 9.17) is 9.73 Å². The minimum Gasteiger partial charge on any atom is -0.497 e. The van der Waals surface area contributed by atoms with Crippen LogP contribution in [0, 0.1) is 0 Å². The Labute approximate surface area is 138 Å². The van der Waals surface area contributed by atoms with Crippen LogP contribution in [0.2, 0.25) is 0 Å². The van der Waals surface area contributed by atoms with Crippen LogP contribution in [-0.2, 0) is 6.54 Å². The molecule has 0 saturated carbocycles. The van der Waals surface area contributed by atoms with Gasteiger partial charge in [-0.1, -0.05) is 12.1 Å². The number of hydrogen-bond acceptors (Lipinski definition) is 3. The summed E-state index contributed by atoms with van der Waals surface area (Å²) in [5.41, 5.74) is 1.20. The standard InChI is InChI=1S/C17H27N3OS/c1-5-18-16(20-10-11-22-17(2,3)13-20)19-12-14-6-8-15(21-4)9-7-14/h6-9H,5,10-13H2,1-4H3,(H,18,19). The predicted octanol–water partition coefficient (Wildman–Crippen LogP) is 2.99. The van der Waals surface area contributed by atoms with Gasteiger partial charge >= 0.3 is 0 Å². The van der Waals surface area contributed by atoms with Crippen LogP contribution in [0.1, 0.15) is 26.3 Å². The third-order valence-electron chi connectivity index (χ3n) is 3.63. The van der Waals surface area contributed by atoms with Gasteiger partial charge in [0.15, 0.2) is 5.96 Å². The summed E-state index contributed by atoms with van der Waals surface area (Å²) < 4.78 is 5.48. The van der Waals surface area contributed by atoms with Gasteiger partial charge in [0.1, 0.15) is 5.75 Å². The average molecular weight is 321 g/mol. The van der Waals surface area contributed by atoms with E-state index in [0.717, 1.165) is 37.1 Å². The van der Waals surface area contributed by atoms with E-state index < -0.39 is 0 Å². The number of nitrogens with zero attached hydrogens (tertiary/aromatic N) is 2. The van der Waals surface area contributed by atoms with E-state index >= 15 is 0 Å². The number of hydrogen-bond donors (Lipinski definition) is 1. The SMILES string of the molecule is CCNC(=NCc1ccc(OC)cc1)N1CCSC(C)(C)C1. The first-order valence-electron chi connectivity index (χ1n) is 7.84. The fraction of sp³-hybridized carbons (Fsp3) is 0.588. The first kappa shape index (κ1) is 17.0. The maximum atomic E-state index is 5.19. The van der Waals surface area contributed by atoms with Crippen LogP contribution in [0.15, 0.2) is 29.3 Å². The van der Waals surface area contributed by atoms with Crippen molar-refractivity contribution in [3.05, 3.63) is 29.8 Å². The van der Waals surface area contributed by atoms with Crippen LogP contribution in [0.3, 0.4) is 0 Å². The van der Waals surface area contributed by atoms with Gasteiger partial charge in [0.05, 0.1) is 13.7 Å². The van der Waals surface area contributed by atoms with Crippen LogP contribution >= 0.6 is 11.8 Å². The van der Waals surface area contributed by atoms with Crippen molar-refractivity contribution in [2.45, 2.75) is 32.1 Å². The van der Waals surface area contributed by atoms with Crippen molar-refractivity contribution >= 4 is 17.7 Å². The number of nitrogens with one attached hydrogen (secondary N) is 1. The summed E-state index contributed by atoms with van der Waals surface area (Å²) in [7, 11) is 1.69. The Morgan fingerprint density at radius 2 is 2.09 bits per heavy atom. The lowest BCUT2D eigenvalue weighted by molar-refractivity contribution is 0.376. The third kappa shape index (κ3) is 4.83. The zero-order chi connectivity index (χ0) is 16.0. The zero-order valence-electron chi connectivity index (χ0n) is 14.1. The van der Waals surface area contributed by atoms with Gasteiger partial charge < -0.3 is 15.0 Å². The number of methoxy groups -OCH3 is 1. The van der Waals surface area contributed by atoms with Crippen molar-refractivity contribution in [1.29, 1.82) is 0 Å². The van der Waals surface area contributed by atoms with E-state index in [1.54, 1.807) is 7.11 Å². The number of rotatable bonds is 4. The normalized spacial score (nSPS) is 18.2. The second-order valence-electron chi connectivity index (χ2n) is 6.05. The summed E-state index contributed by atoms with van der Waals surface area (Å²) in [6.07, 6.45) is 0. The highest BCUT2D eigenvalue weighted by molar-refractivity contribution is 8.00. The van der Waals surface area contributed by atoms with E-state index in [2.05, 4.69) is 43.1 Å². The zero-order valence-corrected chi connectivity index (χ0v) is 14.9. The van der Waals surface area contributed by atoms with E-state index in [1.807, 2.05) is 23.9 Å². The van der Waals surface area contributed by atoms with Gasteiger partial charge in [0.25, 0.3) is 0 Å². The number of ether oxygens (including phenoxy) is 1. The molecule has 0 spiro atoms. The Morgan fingerprint density at radius 1 is 1.36 bits per heavy atom. The molecule has 0 atom stereocenters. The van der Waals surface area contributed by atoms with Gasteiger partial charge in [0, 0.05) is 30.1 Å². The lowest BCUT2D eigenvalue weighted by Crippen LogP contribution is -2.50. The topological polar surface area (TPSA) is 36.9 Å². The van der Waals surface area contributed by atoms with Crippen molar-refractivity contribution in [1.82, 2.24) is 10.2 Å². The molecule has 1 aliphatic heterocycles. The average Bonchev–Trinajstić information content (AvgIpc) is 2.51. The van der Waals surface area contributed by atoms with Crippen LogP contribution < -0.4 is 10.1 Å². The van der Waals surface area contributed by atoms with E-state index in [9.17, 15) is 0 Å². The molecular weight excluding hydrogens is 294 g/mol. The minimum atomic E-state index is 0.286. The summed E-state index contributed by atoms with van der Waals surface area (Å²) in [5, 5.41) is 3.42. The highest BCUT2D eigenvalue weighted by Gasteiger charge is 2.28. The van der Waals surface area contributed by atoms with Gasteiger partial charge in [-0.05, 0) is 38.5 Å². The molecule has 4 nitrogen and oxygen atoms in total. The summed E-state index contributed by atoms with van der Waals surface area (Å²) in [4.78, 5) is 7.19. The molecule has 0 unspecified atom stereocenters. The number of guanidine groups is 1. The maximum Gasteiger partial charge on any atom is 0.194 e. The van der Waals surface area contributed by atoms with Gasteiger partial charge in [0.2, 0.25) is 0 Å².